The van der Waals surface area contributed by atoms with Gasteiger partial charge < -0.3 is 14.7 Å². The number of anilines is 2. The van der Waals surface area contributed by atoms with Crippen LogP contribution in [0.2, 0.25) is 0 Å². The van der Waals surface area contributed by atoms with Gasteiger partial charge in [0.05, 0.1) is 0 Å². The van der Waals surface area contributed by atoms with Crippen molar-refractivity contribution in [2.45, 2.75) is 38.5 Å². The first-order chi connectivity index (χ1) is 14.6. The molecule has 2 aliphatic heterocycles. The van der Waals surface area contributed by atoms with E-state index in [0.29, 0.717) is 25.1 Å². The number of hydrogen-bond donors (Lipinski definition) is 0. The standard InChI is InChI=1S/C24H28N4O2/c1-17-15-20(18-4-5-18)16-25-23(17)26-11-13-27(14-12-26)24(30)19-6-8-21(9-7-19)28-10-2-3-22(28)29/h6-9,15-16,18H,2-5,10-14H2,1H3. The molecule has 0 spiro atoms. The molecule has 30 heavy (non-hydrogen) atoms. The zero-order valence-electron chi connectivity index (χ0n) is 17.5. The number of rotatable bonds is 4. The van der Waals surface area contributed by atoms with Gasteiger partial charge in [0.2, 0.25) is 5.91 Å². The van der Waals surface area contributed by atoms with Crippen molar-refractivity contribution in [2.75, 3.05) is 42.5 Å². The van der Waals surface area contributed by atoms with Gasteiger partial charge in [0.1, 0.15) is 5.82 Å². The molecule has 0 N–H and O–H groups in total. The van der Waals surface area contributed by atoms with Crippen LogP contribution in [0.3, 0.4) is 0 Å². The van der Waals surface area contributed by atoms with Gasteiger partial charge >= 0.3 is 0 Å². The molecule has 0 radical (unpaired) electrons. The minimum Gasteiger partial charge on any atom is -0.353 e. The molecule has 2 aromatic rings. The molecule has 6 heteroatoms. The topological polar surface area (TPSA) is 56.8 Å². The molecule has 5 rings (SSSR count). The number of carbonyl (C=O) groups is 2. The molecule has 1 aliphatic carbocycles. The lowest BCUT2D eigenvalue weighted by molar-refractivity contribution is -0.117. The van der Waals surface area contributed by atoms with Gasteiger partial charge in [-0.3, -0.25) is 9.59 Å². The van der Waals surface area contributed by atoms with Crippen LogP contribution < -0.4 is 9.80 Å². The fourth-order valence-corrected chi connectivity index (χ4v) is 4.57. The molecule has 2 amide bonds. The highest BCUT2D eigenvalue weighted by atomic mass is 16.2. The van der Waals surface area contributed by atoms with E-state index >= 15 is 0 Å². The summed E-state index contributed by atoms with van der Waals surface area (Å²) in [4.78, 5) is 35.6. The molecule has 0 unspecified atom stereocenters. The molecule has 3 heterocycles. The predicted octanol–water partition coefficient (Wildman–Crippen LogP) is 3.36. The Balaban J connectivity index is 1.21. The maximum absolute atomic E-state index is 12.9. The van der Waals surface area contributed by atoms with Gasteiger partial charge in [-0.15, -0.1) is 0 Å². The van der Waals surface area contributed by atoms with Gasteiger partial charge in [0.25, 0.3) is 5.91 Å². The van der Waals surface area contributed by atoms with Crippen molar-refractivity contribution >= 4 is 23.3 Å². The summed E-state index contributed by atoms with van der Waals surface area (Å²) < 4.78 is 0. The van der Waals surface area contributed by atoms with Crippen molar-refractivity contribution < 1.29 is 9.59 Å². The summed E-state index contributed by atoms with van der Waals surface area (Å²) in [5, 5.41) is 0. The first-order valence-corrected chi connectivity index (χ1v) is 11.0. The molecule has 1 aromatic heterocycles. The molecule has 3 aliphatic rings. The number of aryl methyl sites for hydroxylation is 1. The van der Waals surface area contributed by atoms with Crippen LogP contribution in [0, 0.1) is 6.92 Å². The minimum absolute atomic E-state index is 0.0581. The molecule has 0 atom stereocenters. The average Bonchev–Trinajstić information content (AvgIpc) is 3.54. The summed E-state index contributed by atoms with van der Waals surface area (Å²) >= 11 is 0. The number of pyridine rings is 1. The second kappa shape index (κ2) is 7.74. The Morgan fingerprint density at radius 2 is 1.77 bits per heavy atom. The normalized spacial score (nSPS) is 19.5. The van der Waals surface area contributed by atoms with Crippen molar-refractivity contribution in [3.05, 3.63) is 53.2 Å². The Morgan fingerprint density at radius 3 is 2.37 bits per heavy atom. The maximum Gasteiger partial charge on any atom is 0.253 e. The Labute approximate surface area is 177 Å². The van der Waals surface area contributed by atoms with E-state index in [1.165, 1.54) is 24.0 Å². The van der Waals surface area contributed by atoms with Crippen molar-refractivity contribution in [1.29, 1.82) is 0 Å². The van der Waals surface area contributed by atoms with Crippen LogP contribution in [0.1, 0.15) is 53.1 Å². The van der Waals surface area contributed by atoms with E-state index in [4.69, 9.17) is 4.98 Å². The fourth-order valence-electron chi connectivity index (χ4n) is 4.57. The summed E-state index contributed by atoms with van der Waals surface area (Å²) in [7, 11) is 0. The van der Waals surface area contributed by atoms with E-state index in [2.05, 4.69) is 17.9 Å². The molecule has 2 saturated heterocycles. The SMILES string of the molecule is Cc1cc(C2CC2)cnc1N1CCN(C(=O)c2ccc(N3CCCC3=O)cc2)CC1. The number of carbonyl (C=O) groups excluding carboxylic acids is 2. The molecule has 6 nitrogen and oxygen atoms in total. The molecule has 0 bridgehead atoms. The van der Waals surface area contributed by atoms with Crippen LogP contribution in [-0.4, -0.2) is 54.4 Å². The van der Waals surface area contributed by atoms with Gasteiger partial charge in [-0.1, -0.05) is 6.07 Å². The Morgan fingerprint density at radius 1 is 1.03 bits per heavy atom. The van der Waals surface area contributed by atoms with Gasteiger partial charge in [0, 0.05) is 56.6 Å². The van der Waals surface area contributed by atoms with Gasteiger partial charge in [-0.25, -0.2) is 4.98 Å². The Kier molecular flexibility index (Phi) is 4.93. The third-order valence-corrected chi connectivity index (χ3v) is 6.49. The number of hydrogen-bond acceptors (Lipinski definition) is 4. The number of aromatic nitrogens is 1. The van der Waals surface area contributed by atoms with Crippen molar-refractivity contribution in [1.82, 2.24) is 9.88 Å². The van der Waals surface area contributed by atoms with Gasteiger partial charge in [0.15, 0.2) is 0 Å². The average molecular weight is 405 g/mol. The maximum atomic E-state index is 12.9. The molecular formula is C24H28N4O2. The van der Waals surface area contributed by atoms with Crippen LogP contribution in [-0.2, 0) is 4.79 Å². The number of nitrogens with zero attached hydrogens (tertiary/aromatic N) is 4. The lowest BCUT2D eigenvalue weighted by Crippen LogP contribution is -2.49. The van der Waals surface area contributed by atoms with Crippen LogP contribution in [0.5, 0.6) is 0 Å². The largest absolute Gasteiger partial charge is 0.353 e. The second-order valence-electron chi connectivity index (χ2n) is 8.66. The molecular weight excluding hydrogens is 376 g/mol. The summed E-state index contributed by atoms with van der Waals surface area (Å²) in [5.41, 5.74) is 4.16. The zero-order valence-corrected chi connectivity index (χ0v) is 17.5. The third-order valence-electron chi connectivity index (χ3n) is 6.49. The van der Waals surface area contributed by atoms with Crippen molar-refractivity contribution in [3.63, 3.8) is 0 Å². The monoisotopic (exact) mass is 404 g/mol. The highest BCUT2D eigenvalue weighted by molar-refractivity contribution is 5.97. The number of piperazine rings is 1. The summed E-state index contributed by atoms with van der Waals surface area (Å²) in [5.74, 6) is 1.99. The minimum atomic E-state index is 0.0581. The molecule has 156 valence electrons. The van der Waals surface area contributed by atoms with E-state index < -0.39 is 0 Å². The smallest absolute Gasteiger partial charge is 0.253 e. The quantitative estimate of drug-likeness (QED) is 0.784. The van der Waals surface area contributed by atoms with Crippen LogP contribution in [0.15, 0.2) is 36.5 Å². The number of amides is 2. The molecule has 1 aromatic carbocycles. The third kappa shape index (κ3) is 3.66. The fraction of sp³-hybridized carbons (Fsp3) is 0.458. The van der Waals surface area contributed by atoms with Crippen LogP contribution in [0.4, 0.5) is 11.5 Å². The Hall–Kier alpha value is -2.89. The van der Waals surface area contributed by atoms with E-state index in [0.717, 1.165) is 43.5 Å². The van der Waals surface area contributed by atoms with E-state index in [1.54, 1.807) is 4.90 Å². The summed E-state index contributed by atoms with van der Waals surface area (Å²) in [6.07, 6.45) is 6.13. The number of benzene rings is 1. The second-order valence-corrected chi connectivity index (χ2v) is 8.66. The van der Waals surface area contributed by atoms with Gasteiger partial charge in [-0.05, 0) is 67.5 Å². The lowest BCUT2D eigenvalue weighted by Gasteiger charge is -2.36. The highest BCUT2D eigenvalue weighted by Gasteiger charge is 2.27. The van der Waals surface area contributed by atoms with E-state index in [1.807, 2.05) is 35.4 Å². The highest BCUT2D eigenvalue weighted by Crippen LogP contribution is 2.40. The lowest BCUT2D eigenvalue weighted by atomic mass is 10.1. The first kappa shape index (κ1) is 19.1. The summed E-state index contributed by atoms with van der Waals surface area (Å²) in [6, 6.07) is 9.75. The van der Waals surface area contributed by atoms with Crippen LogP contribution >= 0.6 is 0 Å². The molecule has 3 fully saturated rings. The van der Waals surface area contributed by atoms with Gasteiger partial charge in [-0.2, -0.15) is 0 Å². The predicted molar refractivity (Wildman–Crippen MR) is 117 cm³/mol. The van der Waals surface area contributed by atoms with Crippen molar-refractivity contribution in [2.24, 2.45) is 0 Å². The Bertz CT molecular complexity index is 960. The molecule has 1 saturated carbocycles. The first-order valence-electron chi connectivity index (χ1n) is 11.0. The zero-order chi connectivity index (χ0) is 20.7. The van der Waals surface area contributed by atoms with E-state index in [9.17, 15) is 9.59 Å². The van der Waals surface area contributed by atoms with Crippen LogP contribution in [0.25, 0.3) is 0 Å². The van der Waals surface area contributed by atoms with Crippen molar-refractivity contribution in [3.8, 4) is 0 Å². The van der Waals surface area contributed by atoms with E-state index in [-0.39, 0.29) is 11.8 Å². The summed E-state index contributed by atoms with van der Waals surface area (Å²) in [6.45, 7) is 5.88.